The molecule has 4 N–H and O–H groups in total. The van der Waals surface area contributed by atoms with Crippen LogP contribution < -0.4 is 21.3 Å². The standard InChI is InChI=1S/C22H26N6O/c23-10-4-7-20(29)25-17-8-9-19-18(15-17)21(16-5-2-1-3-6-16)27-22(26-19)28-13-11-24-12-14-28/h1-3,5-6,8-9,15,24H,4,7,10-14,23H2,(H,25,29). The molecule has 0 atom stereocenters. The first-order valence-corrected chi connectivity index (χ1v) is 10.1. The predicted molar refractivity (Wildman–Crippen MR) is 117 cm³/mol. The van der Waals surface area contributed by atoms with Crippen LogP contribution in [-0.4, -0.2) is 48.6 Å². The maximum atomic E-state index is 12.1. The number of anilines is 2. The number of nitrogens with one attached hydrogen (secondary N) is 2. The van der Waals surface area contributed by atoms with Crippen LogP contribution in [0.2, 0.25) is 0 Å². The molecule has 0 radical (unpaired) electrons. The minimum absolute atomic E-state index is 0.0329. The third-order valence-electron chi connectivity index (χ3n) is 5.02. The van der Waals surface area contributed by atoms with Crippen molar-refractivity contribution in [3.05, 3.63) is 48.5 Å². The lowest BCUT2D eigenvalue weighted by atomic mass is 10.1. The largest absolute Gasteiger partial charge is 0.338 e. The van der Waals surface area contributed by atoms with Crippen LogP contribution in [0.15, 0.2) is 48.5 Å². The topological polar surface area (TPSA) is 96.2 Å². The number of carbonyl (C=O) groups is 1. The van der Waals surface area contributed by atoms with E-state index in [-0.39, 0.29) is 5.91 Å². The van der Waals surface area contributed by atoms with Crippen LogP contribution in [0, 0.1) is 0 Å². The van der Waals surface area contributed by atoms with Crippen molar-refractivity contribution in [3.63, 3.8) is 0 Å². The van der Waals surface area contributed by atoms with E-state index in [1.54, 1.807) is 0 Å². The maximum absolute atomic E-state index is 12.1. The van der Waals surface area contributed by atoms with Crippen LogP contribution in [0.25, 0.3) is 22.2 Å². The van der Waals surface area contributed by atoms with E-state index in [2.05, 4.69) is 27.7 Å². The third kappa shape index (κ3) is 4.52. The zero-order valence-corrected chi connectivity index (χ0v) is 16.4. The molecule has 0 saturated carbocycles. The smallest absolute Gasteiger partial charge is 0.226 e. The first-order valence-electron chi connectivity index (χ1n) is 10.1. The number of aromatic nitrogens is 2. The van der Waals surface area contributed by atoms with E-state index in [9.17, 15) is 4.79 Å². The summed E-state index contributed by atoms with van der Waals surface area (Å²) >= 11 is 0. The van der Waals surface area contributed by atoms with E-state index < -0.39 is 0 Å². The number of hydrogen-bond acceptors (Lipinski definition) is 6. The number of benzene rings is 2. The van der Waals surface area contributed by atoms with Crippen LogP contribution in [0.3, 0.4) is 0 Å². The van der Waals surface area contributed by atoms with E-state index in [0.717, 1.165) is 60.0 Å². The molecule has 1 aliphatic heterocycles. The molecular formula is C22H26N6O. The van der Waals surface area contributed by atoms with Gasteiger partial charge in [-0.15, -0.1) is 0 Å². The second kappa shape index (κ2) is 8.98. The Labute approximate surface area is 170 Å². The highest BCUT2D eigenvalue weighted by Gasteiger charge is 2.17. The Hall–Kier alpha value is -3.03. The van der Waals surface area contributed by atoms with Crippen LogP contribution in [0.1, 0.15) is 12.8 Å². The Bertz CT molecular complexity index is 985. The fourth-order valence-corrected chi connectivity index (χ4v) is 3.50. The predicted octanol–water partition coefficient (Wildman–Crippen LogP) is 2.38. The number of piperazine rings is 1. The van der Waals surface area contributed by atoms with Crippen molar-refractivity contribution < 1.29 is 4.79 Å². The summed E-state index contributed by atoms with van der Waals surface area (Å²) in [5.41, 5.74) is 9.02. The summed E-state index contributed by atoms with van der Waals surface area (Å²) < 4.78 is 0. The number of nitrogens with two attached hydrogens (primary N) is 1. The molecule has 2 aromatic carbocycles. The van der Waals surface area contributed by atoms with Crippen LogP contribution >= 0.6 is 0 Å². The summed E-state index contributed by atoms with van der Waals surface area (Å²) in [5, 5.41) is 7.24. The number of carbonyl (C=O) groups excluding carboxylic acids is 1. The SMILES string of the molecule is NCCCC(=O)Nc1ccc2nc(N3CCNCC3)nc(-c3ccccc3)c2c1. The number of fused-ring (bicyclic) bond motifs is 1. The van der Waals surface area contributed by atoms with Crippen molar-refractivity contribution in [3.8, 4) is 11.3 Å². The molecule has 0 aliphatic carbocycles. The Kier molecular flexibility index (Phi) is 5.97. The Morgan fingerprint density at radius 2 is 1.90 bits per heavy atom. The lowest BCUT2D eigenvalue weighted by Crippen LogP contribution is -2.44. The van der Waals surface area contributed by atoms with E-state index in [0.29, 0.717) is 19.4 Å². The highest BCUT2D eigenvalue weighted by Crippen LogP contribution is 2.30. The van der Waals surface area contributed by atoms with Crippen molar-refractivity contribution >= 4 is 28.4 Å². The molecule has 1 fully saturated rings. The maximum Gasteiger partial charge on any atom is 0.226 e. The van der Waals surface area contributed by atoms with Crippen molar-refractivity contribution in [2.75, 3.05) is 42.9 Å². The molecule has 150 valence electrons. The highest BCUT2D eigenvalue weighted by atomic mass is 16.1. The summed E-state index contributed by atoms with van der Waals surface area (Å²) in [6, 6.07) is 15.9. The number of hydrogen-bond donors (Lipinski definition) is 3. The second-order valence-electron chi connectivity index (χ2n) is 7.15. The molecule has 2 heterocycles. The van der Waals surface area contributed by atoms with Crippen LogP contribution in [0.4, 0.5) is 11.6 Å². The third-order valence-corrected chi connectivity index (χ3v) is 5.02. The minimum Gasteiger partial charge on any atom is -0.338 e. The molecule has 0 spiro atoms. The lowest BCUT2D eigenvalue weighted by Gasteiger charge is -2.28. The van der Waals surface area contributed by atoms with Gasteiger partial charge in [-0.3, -0.25) is 4.79 Å². The van der Waals surface area contributed by atoms with E-state index >= 15 is 0 Å². The molecule has 7 heteroatoms. The number of amides is 1. The first-order chi connectivity index (χ1) is 14.2. The zero-order chi connectivity index (χ0) is 20.1. The summed E-state index contributed by atoms with van der Waals surface area (Å²) in [4.78, 5) is 24.1. The molecule has 29 heavy (non-hydrogen) atoms. The average Bonchev–Trinajstić information content (AvgIpc) is 2.78. The van der Waals surface area contributed by atoms with Crippen LogP contribution in [-0.2, 0) is 4.79 Å². The lowest BCUT2D eigenvalue weighted by molar-refractivity contribution is -0.116. The van der Waals surface area contributed by atoms with E-state index in [1.807, 2.05) is 36.4 Å². The van der Waals surface area contributed by atoms with Gasteiger partial charge in [0.25, 0.3) is 0 Å². The van der Waals surface area contributed by atoms with Crippen molar-refractivity contribution in [2.24, 2.45) is 5.73 Å². The van der Waals surface area contributed by atoms with Gasteiger partial charge in [0.05, 0.1) is 11.2 Å². The molecule has 1 aromatic heterocycles. The molecule has 3 aromatic rings. The van der Waals surface area contributed by atoms with Crippen molar-refractivity contribution in [2.45, 2.75) is 12.8 Å². The van der Waals surface area contributed by atoms with E-state index in [1.165, 1.54) is 0 Å². The number of rotatable bonds is 6. The summed E-state index contributed by atoms with van der Waals surface area (Å²) in [7, 11) is 0. The average molecular weight is 390 g/mol. The van der Waals surface area contributed by atoms with Gasteiger partial charge in [-0.25, -0.2) is 9.97 Å². The van der Waals surface area contributed by atoms with Gasteiger partial charge in [0.2, 0.25) is 11.9 Å². The second-order valence-corrected chi connectivity index (χ2v) is 7.15. The normalized spacial score (nSPS) is 14.2. The van der Waals surface area contributed by atoms with Crippen molar-refractivity contribution in [1.29, 1.82) is 0 Å². The van der Waals surface area contributed by atoms with Gasteiger partial charge in [-0.05, 0) is 31.2 Å². The van der Waals surface area contributed by atoms with Gasteiger partial charge in [0.15, 0.2) is 0 Å². The minimum atomic E-state index is -0.0329. The first kappa shape index (κ1) is 19.3. The Morgan fingerprint density at radius 3 is 2.66 bits per heavy atom. The molecule has 7 nitrogen and oxygen atoms in total. The number of nitrogens with zero attached hydrogens (tertiary/aromatic N) is 3. The molecule has 1 amide bonds. The van der Waals surface area contributed by atoms with Gasteiger partial charge in [-0.2, -0.15) is 0 Å². The van der Waals surface area contributed by atoms with Gasteiger partial charge < -0.3 is 21.3 Å². The molecule has 1 aliphatic rings. The monoisotopic (exact) mass is 390 g/mol. The fourth-order valence-electron chi connectivity index (χ4n) is 3.50. The fraction of sp³-hybridized carbons (Fsp3) is 0.318. The zero-order valence-electron chi connectivity index (χ0n) is 16.4. The molecule has 1 saturated heterocycles. The summed E-state index contributed by atoms with van der Waals surface area (Å²) in [6.07, 6.45) is 1.09. The molecule has 0 unspecified atom stereocenters. The summed E-state index contributed by atoms with van der Waals surface area (Å²) in [5.74, 6) is 0.715. The Balaban J connectivity index is 1.75. The van der Waals surface area contributed by atoms with Crippen molar-refractivity contribution in [1.82, 2.24) is 15.3 Å². The Morgan fingerprint density at radius 1 is 1.10 bits per heavy atom. The van der Waals surface area contributed by atoms with Gasteiger partial charge in [0.1, 0.15) is 0 Å². The van der Waals surface area contributed by atoms with Gasteiger partial charge in [0, 0.05) is 49.2 Å². The quantitative estimate of drug-likeness (QED) is 0.598. The highest BCUT2D eigenvalue weighted by molar-refractivity contribution is 5.98. The summed E-state index contributed by atoms with van der Waals surface area (Å²) in [6.45, 7) is 4.13. The van der Waals surface area contributed by atoms with Crippen LogP contribution in [0.5, 0.6) is 0 Å². The molecule has 4 rings (SSSR count). The molecule has 0 bridgehead atoms. The van der Waals surface area contributed by atoms with E-state index in [4.69, 9.17) is 15.7 Å². The van der Waals surface area contributed by atoms with Gasteiger partial charge >= 0.3 is 0 Å². The molecular weight excluding hydrogens is 364 g/mol. The van der Waals surface area contributed by atoms with Gasteiger partial charge in [-0.1, -0.05) is 30.3 Å².